The second-order valence-corrected chi connectivity index (χ2v) is 6.83. The number of hydrogen-bond acceptors (Lipinski definition) is 5. The average Bonchev–Trinajstić information content (AvgIpc) is 2.72. The Labute approximate surface area is 177 Å². The number of carboxylic acids is 1. The molecule has 0 aromatic heterocycles. The third-order valence-electron chi connectivity index (χ3n) is 4.30. The molecule has 0 saturated carbocycles. The van der Waals surface area contributed by atoms with Crippen LogP contribution in [0.5, 0.6) is 0 Å². The molecule has 0 bridgehead atoms. The number of aliphatic hydroxyl groups excluding tert-OH is 1. The molecule has 2 rings (SSSR count). The van der Waals surface area contributed by atoms with E-state index in [1.165, 1.54) is 13.0 Å². The third-order valence-corrected chi connectivity index (χ3v) is 4.71. The lowest BCUT2D eigenvalue weighted by Gasteiger charge is -2.21. The summed E-state index contributed by atoms with van der Waals surface area (Å²) in [6, 6.07) is 10.8. The van der Waals surface area contributed by atoms with Crippen LogP contribution in [0, 0.1) is 5.82 Å². The van der Waals surface area contributed by atoms with Crippen molar-refractivity contribution in [2.75, 3.05) is 6.61 Å². The number of benzene rings is 2. The van der Waals surface area contributed by atoms with Gasteiger partial charge in [-0.1, -0.05) is 54.1 Å². The Morgan fingerprint density at radius 1 is 1.17 bits per heavy atom. The van der Waals surface area contributed by atoms with E-state index in [2.05, 4.69) is 10.1 Å². The van der Waals surface area contributed by atoms with Gasteiger partial charge in [0.05, 0.1) is 11.6 Å². The van der Waals surface area contributed by atoms with E-state index in [-0.39, 0.29) is 29.2 Å². The van der Waals surface area contributed by atoms with Gasteiger partial charge in [-0.2, -0.15) is 0 Å². The number of amides is 1. The number of ether oxygens (including phenoxy) is 1. The van der Waals surface area contributed by atoms with Crippen molar-refractivity contribution in [2.45, 2.75) is 31.9 Å². The molecule has 30 heavy (non-hydrogen) atoms. The molecule has 0 spiro atoms. The summed E-state index contributed by atoms with van der Waals surface area (Å²) in [6.07, 6.45) is -2.33. The SMILES string of the molecule is CCOC(=O)C(=O)N[C@H](Cc1ccc(-c2ccccc2)c(F)c1Cl)C[C@@H](O)C(=O)O. The number of carbonyl (C=O) groups is 3. The number of aliphatic hydroxyl groups is 1. The standard InChI is InChI=1S/C21H21ClFNO6/c1-2-30-21(29)19(26)24-14(11-16(25)20(27)28)10-13-8-9-15(18(23)17(13)22)12-6-4-3-5-7-12/h3-9,14,16,25H,2,10-11H2,1H3,(H,24,26)(H,27,28)/t14-,16-/m1/s1. The monoisotopic (exact) mass is 437 g/mol. The summed E-state index contributed by atoms with van der Waals surface area (Å²) >= 11 is 6.18. The molecule has 0 fully saturated rings. The zero-order chi connectivity index (χ0) is 22.3. The molecule has 0 aliphatic heterocycles. The molecule has 2 aromatic rings. The van der Waals surface area contributed by atoms with Crippen molar-refractivity contribution in [3.8, 4) is 11.1 Å². The summed E-state index contributed by atoms with van der Waals surface area (Å²) in [4.78, 5) is 34.5. The highest BCUT2D eigenvalue weighted by atomic mass is 35.5. The number of carbonyl (C=O) groups excluding carboxylic acids is 2. The number of hydrogen-bond donors (Lipinski definition) is 3. The van der Waals surface area contributed by atoms with Crippen molar-refractivity contribution in [1.29, 1.82) is 0 Å². The molecule has 2 atom stereocenters. The van der Waals surface area contributed by atoms with Gasteiger partial charge in [0, 0.05) is 18.0 Å². The van der Waals surface area contributed by atoms with E-state index >= 15 is 0 Å². The molecule has 0 heterocycles. The van der Waals surface area contributed by atoms with Gasteiger partial charge >= 0.3 is 17.8 Å². The summed E-state index contributed by atoms with van der Waals surface area (Å²) in [6.45, 7) is 1.50. The number of carboxylic acid groups (broad SMARTS) is 1. The minimum atomic E-state index is -1.80. The summed E-state index contributed by atoms with van der Waals surface area (Å²) in [5.74, 6) is -4.42. The molecular weight excluding hydrogens is 417 g/mol. The van der Waals surface area contributed by atoms with E-state index in [1.807, 2.05) is 0 Å². The van der Waals surface area contributed by atoms with Gasteiger partial charge < -0.3 is 20.3 Å². The fourth-order valence-electron chi connectivity index (χ4n) is 2.86. The fourth-order valence-corrected chi connectivity index (χ4v) is 3.10. The molecule has 1 amide bonds. The van der Waals surface area contributed by atoms with E-state index in [4.69, 9.17) is 16.7 Å². The average molecular weight is 438 g/mol. The van der Waals surface area contributed by atoms with Crippen molar-refractivity contribution in [3.05, 3.63) is 58.9 Å². The van der Waals surface area contributed by atoms with Gasteiger partial charge in [-0.25, -0.2) is 14.0 Å². The van der Waals surface area contributed by atoms with Crippen molar-refractivity contribution in [2.24, 2.45) is 0 Å². The normalized spacial score (nSPS) is 12.7. The molecule has 7 nitrogen and oxygen atoms in total. The maximum Gasteiger partial charge on any atom is 0.396 e. The number of aliphatic carboxylic acids is 1. The molecule has 0 radical (unpaired) electrons. The van der Waals surface area contributed by atoms with Gasteiger partial charge in [-0.05, 0) is 24.5 Å². The van der Waals surface area contributed by atoms with Crippen LogP contribution in [0.3, 0.4) is 0 Å². The van der Waals surface area contributed by atoms with Crippen LogP contribution in [0.1, 0.15) is 18.9 Å². The van der Waals surface area contributed by atoms with Gasteiger partial charge in [0.25, 0.3) is 0 Å². The van der Waals surface area contributed by atoms with Crippen LogP contribution >= 0.6 is 11.6 Å². The van der Waals surface area contributed by atoms with Gasteiger partial charge in [0.2, 0.25) is 0 Å². The van der Waals surface area contributed by atoms with Crippen molar-refractivity contribution < 1.29 is 33.7 Å². The highest BCUT2D eigenvalue weighted by Gasteiger charge is 2.26. The number of halogens is 2. The Morgan fingerprint density at radius 2 is 1.83 bits per heavy atom. The molecule has 160 valence electrons. The van der Waals surface area contributed by atoms with Crippen LogP contribution in [0.25, 0.3) is 11.1 Å². The zero-order valence-corrected chi connectivity index (χ0v) is 16.9. The molecule has 9 heteroatoms. The van der Waals surface area contributed by atoms with E-state index in [0.29, 0.717) is 5.56 Å². The maximum absolute atomic E-state index is 14.8. The van der Waals surface area contributed by atoms with E-state index in [1.54, 1.807) is 36.4 Å². The lowest BCUT2D eigenvalue weighted by Crippen LogP contribution is -2.44. The predicted molar refractivity (Wildman–Crippen MR) is 107 cm³/mol. The van der Waals surface area contributed by atoms with Crippen molar-refractivity contribution >= 4 is 29.4 Å². The Bertz CT molecular complexity index is 921. The quantitative estimate of drug-likeness (QED) is 0.432. The van der Waals surface area contributed by atoms with Crippen molar-refractivity contribution in [1.82, 2.24) is 5.32 Å². The topological polar surface area (TPSA) is 113 Å². The van der Waals surface area contributed by atoms with Gasteiger partial charge in [-0.3, -0.25) is 4.79 Å². The first-order valence-corrected chi connectivity index (χ1v) is 9.53. The van der Waals surface area contributed by atoms with Gasteiger partial charge in [0.15, 0.2) is 6.10 Å². The van der Waals surface area contributed by atoms with Crippen molar-refractivity contribution in [3.63, 3.8) is 0 Å². The zero-order valence-electron chi connectivity index (χ0n) is 16.1. The van der Waals surface area contributed by atoms with Crippen LogP contribution in [-0.4, -0.2) is 46.8 Å². The Kier molecular flexibility index (Phi) is 8.32. The maximum atomic E-state index is 14.8. The van der Waals surface area contributed by atoms with Crippen LogP contribution < -0.4 is 5.32 Å². The van der Waals surface area contributed by atoms with E-state index in [0.717, 1.165) is 0 Å². The summed E-state index contributed by atoms with van der Waals surface area (Å²) in [7, 11) is 0. The van der Waals surface area contributed by atoms with Gasteiger partial charge in [0.1, 0.15) is 5.82 Å². The van der Waals surface area contributed by atoms with Crippen LogP contribution in [0.15, 0.2) is 42.5 Å². The third kappa shape index (κ3) is 6.01. The minimum Gasteiger partial charge on any atom is -0.479 e. The largest absolute Gasteiger partial charge is 0.479 e. The summed E-state index contributed by atoms with van der Waals surface area (Å²) in [5.41, 5.74) is 1.18. The van der Waals surface area contributed by atoms with Gasteiger partial charge in [-0.15, -0.1) is 0 Å². The van der Waals surface area contributed by atoms with Crippen LogP contribution in [-0.2, 0) is 25.5 Å². The molecular formula is C21H21ClFNO6. The number of esters is 1. The summed E-state index contributed by atoms with van der Waals surface area (Å²) < 4.78 is 19.4. The fraction of sp³-hybridized carbons (Fsp3) is 0.286. The Morgan fingerprint density at radius 3 is 2.43 bits per heavy atom. The second-order valence-electron chi connectivity index (χ2n) is 6.45. The minimum absolute atomic E-state index is 0.0212. The van der Waals surface area contributed by atoms with Crippen LogP contribution in [0.2, 0.25) is 5.02 Å². The number of nitrogens with one attached hydrogen (secondary N) is 1. The Hall–Kier alpha value is -2.97. The predicted octanol–water partition coefficient (Wildman–Crippen LogP) is 2.57. The van der Waals surface area contributed by atoms with E-state index < -0.39 is 42.2 Å². The first-order valence-electron chi connectivity index (χ1n) is 9.15. The molecule has 3 N–H and O–H groups in total. The summed E-state index contributed by atoms with van der Waals surface area (Å²) in [5, 5.41) is 20.7. The second kappa shape index (κ2) is 10.7. The number of rotatable bonds is 8. The van der Waals surface area contributed by atoms with Crippen LogP contribution in [0.4, 0.5) is 4.39 Å². The first-order chi connectivity index (χ1) is 14.2. The molecule has 2 aromatic carbocycles. The first kappa shape index (κ1) is 23.3. The smallest absolute Gasteiger partial charge is 0.396 e. The molecule has 0 aliphatic rings. The molecule has 0 saturated heterocycles. The lowest BCUT2D eigenvalue weighted by atomic mass is 9.97. The molecule has 0 unspecified atom stereocenters. The highest BCUT2D eigenvalue weighted by Crippen LogP contribution is 2.31. The lowest BCUT2D eigenvalue weighted by molar-refractivity contribution is -0.155. The van der Waals surface area contributed by atoms with E-state index in [9.17, 15) is 23.9 Å². The molecule has 0 aliphatic carbocycles. The highest BCUT2D eigenvalue weighted by molar-refractivity contribution is 6.32. The Balaban J connectivity index is 2.27.